The van der Waals surface area contributed by atoms with Gasteiger partial charge in [0.25, 0.3) is 5.91 Å². The maximum Gasteiger partial charge on any atom is 0.251 e. The summed E-state index contributed by atoms with van der Waals surface area (Å²) in [4.78, 5) is 14.7. The van der Waals surface area contributed by atoms with E-state index in [2.05, 4.69) is 29.3 Å². The van der Waals surface area contributed by atoms with Crippen molar-refractivity contribution in [2.75, 3.05) is 13.2 Å². The molecule has 4 rings (SSSR count). The molecular weight excluding hydrogens is 336 g/mol. The predicted molar refractivity (Wildman–Crippen MR) is 108 cm³/mol. The summed E-state index contributed by atoms with van der Waals surface area (Å²) < 4.78 is 6.24. The van der Waals surface area contributed by atoms with Crippen LogP contribution in [0.15, 0.2) is 24.3 Å². The van der Waals surface area contributed by atoms with Crippen molar-refractivity contribution in [2.24, 2.45) is 5.92 Å². The number of hydrogen-bond donors (Lipinski definition) is 1. The maximum atomic E-state index is 12.1. The lowest BCUT2D eigenvalue weighted by Gasteiger charge is -2.30. The van der Waals surface area contributed by atoms with Crippen LogP contribution in [0.25, 0.3) is 0 Å². The van der Waals surface area contributed by atoms with Gasteiger partial charge >= 0.3 is 0 Å². The zero-order valence-corrected chi connectivity index (χ0v) is 16.7. The van der Waals surface area contributed by atoms with Gasteiger partial charge < -0.3 is 10.1 Å². The molecule has 1 aromatic carbocycles. The fourth-order valence-electron chi connectivity index (χ4n) is 4.17. The molecule has 3 aliphatic carbocycles. The second-order valence-corrected chi connectivity index (χ2v) is 8.82. The van der Waals surface area contributed by atoms with Gasteiger partial charge in [-0.05, 0) is 62.1 Å². The average Bonchev–Trinajstić information content (AvgIpc) is 3.57. The molecule has 1 amide bonds. The van der Waals surface area contributed by atoms with Gasteiger partial charge in [-0.3, -0.25) is 9.69 Å². The molecule has 148 valence electrons. The van der Waals surface area contributed by atoms with Gasteiger partial charge in [0.2, 0.25) is 0 Å². The first kappa shape index (κ1) is 18.9. The molecule has 3 aliphatic rings. The van der Waals surface area contributed by atoms with E-state index in [1.807, 2.05) is 12.1 Å². The van der Waals surface area contributed by atoms with Crippen molar-refractivity contribution in [2.45, 2.75) is 83.0 Å². The van der Waals surface area contributed by atoms with E-state index in [9.17, 15) is 4.79 Å². The third-order valence-corrected chi connectivity index (χ3v) is 6.32. The van der Waals surface area contributed by atoms with Gasteiger partial charge in [-0.25, -0.2) is 0 Å². The Morgan fingerprint density at radius 3 is 2.48 bits per heavy atom. The molecule has 0 aliphatic heterocycles. The Kier molecular flexibility index (Phi) is 6.14. The highest BCUT2D eigenvalue weighted by Gasteiger charge is 2.29. The second-order valence-electron chi connectivity index (χ2n) is 8.82. The summed E-state index contributed by atoms with van der Waals surface area (Å²) in [6.07, 6.45) is 10.6. The number of carbonyl (C=O) groups is 1. The number of nitrogens with zero attached hydrogens (tertiary/aromatic N) is 1. The van der Waals surface area contributed by atoms with Crippen molar-refractivity contribution in [3.63, 3.8) is 0 Å². The number of benzene rings is 1. The highest BCUT2D eigenvalue weighted by Crippen LogP contribution is 2.29. The molecule has 0 saturated heterocycles. The third-order valence-electron chi connectivity index (χ3n) is 6.32. The molecule has 27 heavy (non-hydrogen) atoms. The summed E-state index contributed by atoms with van der Waals surface area (Å²) in [5.41, 5.74) is 2.06. The summed E-state index contributed by atoms with van der Waals surface area (Å²) in [6.45, 7) is 5.15. The molecule has 0 heterocycles. The monoisotopic (exact) mass is 370 g/mol. The Balaban J connectivity index is 1.26. The summed E-state index contributed by atoms with van der Waals surface area (Å²) in [7, 11) is 0. The topological polar surface area (TPSA) is 41.6 Å². The van der Waals surface area contributed by atoms with Crippen molar-refractivity contribution >= 4 is 5.91 Å². The molecule has 0 bridgehead atoms. The lowest BCUT2D eigenvalue weighted by molar-refractivity contribution is -0.0153. The van der Waals surface area contributed by atoms with Crippen molar-refractivity contribution in [3.8, 4) is 0 Å². The molecule has 0 spiro atoms. The summed E-state index contributed by atoms with van der Waals surface area (Å²) >= 11 is 0. The summed E-state index contributed by atoms with van der Waals surface area (Å²) in [5.74, 6) is 0.778. The fraction of sp³-hybridized carbons (Fsp3) is 0.696. The summed E-state index contributed by atoms with van der Waals surface area (Å²) in [5, 5.41) is 3.06. The normalized spacial score (nSPS) is 25.6. The van der Waals surface area contributed by atoms with E-state index in [0.717, 1.165) is 44.1 Å². The van der Waals surface area contributed by atoms with E-state index in [4.69, 9.17) is 4.74 Å². The Hall–Kier alpha value is -1.39. The predicted octanol–water partition coefficient (Wildman–Crippen LogP) is 4.14. The van der Waals surface area contributed by atoms with Crippen LogP contribution in [-0.4, -0.2) is 42.1 Å². The van der Waals surface area contributed by atoms with Crippen LogP contribution in [0.4, 0.5) is 0 Å². The largest absolute Gasteiger partial charge is 0.377 e. The Labute approximate surface area is 163 Å². The van der Waals surface area contributed by atoms with E-state index in [1.54, 1.807) is 0 Å². The number of ether oxygens (including phenoxy) is 1. The van der Waals surface area contributed by atoms with Crippen molar-refractivity contribution in [3.05, 3.63) is 35.4 Å². The van der Waals surface area contributed by atoms with Crippen LogP contribution < -0.4 is 5.32 Å². The fourth-order valence-corrected chi connectivity index (χ4v) is 4.17. The molecule has 0 unspecified atom stereocenters. The van der Waals surface area contributed by atoms with Crippen LogP contribution in [0.5, 0.6) is 0 Å². The molecular formula is C23H34N2O2. The van der Waals surface area contributed by atoms with Gasteiger partial charge in [-0.1, -0.05) is 31.9 Å². The molecule has 1 N–H and O–H groups in total. The van der Waals surface area contributed by atoms with Crippen molar-refractivity contribution in [1.29, 1.82) is 0 Å². The molecule has 2 atom stereocenters. The SMILES string of the molecule is C[C@H]1CCCC[C@H]1OCCN(Cc1ccc(C(=O)NC2CC2)cc1)C1CC1. The van der Waals surface area contributed by atoms with E-state index in [1.165, 1.54) is 44.1 Å². The highest BCUT2D eigenvalue weighted by molar-refractivity contribution is 5.94. The lowest BCUT2D eigenvalue weighted by atomic mass is 9.88. The van der Waals surface area contributed by atoms with E-state index in [0.29, 0.717) is 18.1 Å². The first-order valence-electron chi connectivity index (χ1n) is 10.9. The minimum atomic E-state index is 0.0677. The van der Waals surface area contributed by atoms with Crippen LogP contribution >= 0.6 is 0 Å². The Morgan fingerprint density at radius 2 is 1.81 bits per heavy atom. The van der Waals surface area contributed by atoms with Crippen LogP contribution in [0.2, 0.25) is 0 Å². The van der Waals surface area contributed by atoms with Crippen LogP contribution in [0.3, 0.4) is 0 Å². The number of nitrogens with one attached hydrogen (secondary N) is 1. The zero-order chi connectivity index (χ0) is 18.6. The number of carbonyl (C=O) groups excluding carboxylic acids is 1. The first-order valence-corrected chi connectivity index (χ1v) is 10.9. The molecule has 0 radical (unpaired) electrons. The zero-order valence-electron chi connectivity index (χ0n) is 16.7. The lowest BCUT2D eigenvalue weighted by Crippen LogP contribution is -2.33. The van der Waals surface area contributed by atoms with Gasteiger partial charge in [-0.2, -0.15) is 0 Å². The van der Waals surface area contributed by atoms with E-state index < -0.39 is 0 Å². The minimum absolute atomic E-state index is 0.0677. The Bertz CT molecular complexity index is 622. The molecule has 0 aromatic heterocycles. The molecule has 4 heteroatoms. The standard InChI is InChI=1S/C23H34N2O2/c1-17-4-2-3-5-22(17)27-15-14-25(21-12-13-21)16-18-6-8-19(9-7-18)23(26)24-20-10-11-20/h6-9,17,20-22H,2-5,10-16H2,1H3,(H,24,26)/t17-,22+/m0/s1. The van der Waals surface area contributed by atoms with Crippen molar-refractivity contribution < 1.29 is 9.53 Å². The first-order chi connectivity index (χ1) is 13.2. The number of rotatable bonds is 9. The smallest absolute Gasteiger partial charge is 0.251 e. The summed E-state index contributed by atoms with van der Waals surface area (Å²) in [6, 6.07) is 9.30. The quantitative estimate of drug-likeness (QED) is 0.710. The van der Waals surface area contributed by atoms with Crippen LogP contribution in [0.1, 0.15) is 74.2 Å². The van der Waals surface area contributed by atoms with E-state index in [-0.39, 0.29) is 5.91 Å². The van der Waals surface area contributed by atoms with E-state index >= 15 is 0 Å². The van der Waals surface area contributed by atoms with Crippen molar-refractivity contribution in [1.82, 2.24) is 10.2 Å². The molecule has 4 nitrogen and oxygen atoms in total. The van der Waals surface area contributed by atoms with Gasteiger partial charge in [0.05, 0.1) is 12.7 Å². The van der Waals surface area contributed by atoms with Gasteiger partial charge in [0.1, 0.15) is 0 Å². The van der Waals surface area contributed by atoms with Gasteiger partial charge in [-0.15, -0.1) is 0 Å². The van der Waals surface area contributed by atoms with Crippen LogP contribution in [0, 0.1) is 5.92 Å². The van der Waals surface area contributed by atoms with Gasteiger partial charge in [0, 0.05) is 30.7 Å². The number of hydrogen-bond acceptors (Lipinski definition) is 3. The average molecular weight is 371 g/mol. The maximum absolute atomic E-state index is 12.1. The van der Waals surface area contributed by atoms with Crippen LogP contribution in [-0.2, 0) is 11.3 Å². The molecule has 3 fully saturated rings. The second kappa shape index (κ2) is 8.74. The Morgan fingerprint density at radius 1 is 1.07 bits per heavy atom. The third kappa shape index (κ3) is 5.55. The molecule has 1 aromatic rings. The molecule has 3 saturated carbocycles. The minimum Gasteiger partial charge on any atom is -0.377 e. The van der Waals surface area contributed by atoms with Gasteiger partial charge in [0.15, 0.2) is 0 Å². The highest BCUT2D eigenvalue weighted by atomic mass is 16.5. The number of amides is 1.